The number of rotatable bonds is 5. The second-order valence-corrected chi connectivity index (χ2v) is 8.88. The fraction of sp³-hybridized carbons (Fsp3) is 0.611. The maximum Gasteiger partial charge on any atom is 0.251 e. The van der Waals surface area contributed by atoms with Crippen LogP contribution in [0.3, 0.4) is 0 Å². The van der Waals surface area contributed by atoms with Gasteiger partial charge in [0.25, 0.3) is 5.91 Å². The van der Waals surface area contributed by atoms with Crippen LogP contribution in [-0.2, 0) is 10.0 Å². The Balaban J connectivity index is 1.72. The number of nitrogens with one attached hydrogen (secondary N) is 2. The van der Waals surface area contributed by atoms with Crippen molar-refractivity contribution < 1.29 is 13.2 Å². The summed E-state index contributed by atoms with van der Waals surface area (Å²) in [5.41, 5.74) is 0.392. The summed E-state index contributed by atoms with van der Waals surface area (Å²) in [6, 6.07) is 6.69. The molecule has 2 heterocycles. The lowest BCUT2D eigenvalue weighted by Crippen LogP contribution is -2.42. The van der Waals surface area contributed by atoms with E-state index in [1.54, 1.807) is 22.5 Å². The lowest BCUT2D eigenvalue weighted by molar-refractivity contribution is 0.0950. The van der Waals surface area contributed by atoms with Crippen molar-refractivity contribution in [1.82, 2.24) is 14.9 Å². The molecule has 7 heteroatoms. The number of amides is 1. The Kier molecular flexibility index (Phi) is 5.76. The maximum atomic E-state index is 12.9. The van der Waals surface area contributed by atoms with Gasteiger partial charge in [-0.15, -0.1) is 0 Å². The first-order chi connectivity index (χ1) is 12.0. The van der Waals surface area contributed by atoms with Gasteiger partial charge in [-0.25, -0.2) is 8.42 Å². The molecule has 2 aliphatic heterocycles. The van der Waals surface area contributed by atoms with Crippen LogP contribution in [0.5, 0.6) is 0 Å². The third kappa shape index (κ3) is 4.22. The van der Waals surface area contributed by atoms with Gasteiger partial charge in [0.2, 0.25) is 10.0 Å². The zero-order valence-electron chi connectivity index (χ0n) is 14.7. The number of benzene rings is 1. The third-order valence-electron chi connectivity index (χ3n) is 5.12. The summed E-state index contributed by atoms with van der Waals surface area (Å²) < 4.78 is 27.4. The average Bonchev–Trinajstić information content (AvgIpc) is 3.13. The summed E-state index contributed by atoms with van der Waals surface area (Å²) in [5, 5.41) is 6.23. The summed E-state index contributed by atoms with van der Waals surface area (Å²) in [6.45, 7) is 4.05. The molecule has 138 valence electrons. The molecule has 0 aliphatic carbocycles. The van der Waals surface area contributed by atoms with Gasteiger partial charge in [0.05, 0.1) is 4.90 Å². The topological polar surface area (TPSA) is 78.5 Å². The minimum Gasteiger partial charge on any atom is -0.350 e. The maximum absolute atomic E-state index is 12.9. The summed E-state index contributed by atoms with van der Waals surface area (Å²) >= 11 is 0. The fourth-order valence-corrected chi connectivity index (χ4v) is 5.36. The Morgan fingerprint density at radius 3 is 2.84 bits per heavy atom. The first-order valence-electron chi connectivity index (χ1n) is 9.12. The van der Waals surface area contributed by atoms with Gasteiger partial charge in [0.1, 0.15) is 0 Å². The van der Waals surface area contributed by atoms with E-state index < -0.39 is 10.0 Å². The highest BCUT2D eigenvalue weighted by Gasteiger charge is 2.31. The van der Waals surface area contributed by atoms with Crippen molar-refractivity contribution in [1.29, 1.82) is 0 Å². The Hall–Kier alpha value is -1.44. The van der Waals surface area contributed by atoms with Gasteiger partial charge in [-0.3, -0.25) is 4.79 Å². The molecule has 2 fully saturated rings. The van der Waals surface area contributed by atoms with Crippen LogP contribution >= 0.6 is 0 Å². The molecule has 25 heavy (non-hydrogen) atoms. The highest BCUT2D eigenvalue weighted by atomic mass is 32.2. The molecule has 0 spiro atoms. The number of sulfonamides is 1. The quantitative estimate of drug-likeness (QED) is 0.833. The Morgan fingerprint density at radius 2 is 2.12 bits per heavy atom. The van der Waals surface area contributed by atoms with Crippen molar-refractivity contribution in [3.63, 3.8) is 0 Å². The lowest BCUT2D eigenvalue weighted by atomic mass is 10.1. The molecule has 2 atom stereocenters. The van der Waals surface area contributed by atoms with Crippen LogP contribution in [0.15, 0.2) is 29.2 Å². The van der Waals surface area contributed by atoms with Gasteiger partial charge in [-0.05, 0) is 57.4 Å². The smallest absolute Gasteiger partial charge is 0.251 e. The van der Waals surface area contributed by atoms with E-state index >= 15 is 0 Å². The number of hydrogen-bond acceptors (Lipinski definition) is 4. The van der Waals surface area contributed by atoms with Crippen LogP contribution in [0, 0.1) is 0 Å². The van der Waals surface area contributed by atoms with E-state index in [0.717, 1.165) is 38.6 Å². The first kappa shape index (κ1) is 18.4. The van der Waals surface area contributed by atoms with Gasteiger partial charge in [-0.2, -0.15) is 4.31 Å². The third-order valence-corrected chi connectivity index (χ3v) is 7.13. The van der Waals surface area contributed by atoms with Crippen molar-refractivity contribution >= 4 is 15.9 Å². The second kappa shape index (κ2) is 7.85. The van der Waals surface area contributed by atoms with E-state index in [1.165, 1.54) is 6.07 Å². The van der Waals surface area contributed by atoms with Crippen LogP contribution in [0.4, 0.5) is 0 Å². The van der Waals surface area contributed by atoms with E-state index in [-0.39, 0.29) is 16.8 Å². The molecule has 6 nitrogen and oxygen atoms in total. The van der Waals surface area contributed by atoms with Crippen molar-refractivity contribution in [3.05, 3.63) is 29.8 Å². The zero-order chi connectivity index (χ0) is 17.9. The fourth-order valence-electron chi connectivity index (χ4n) is 3.61. The summed E-state index contributed by atoms with van der Waals surface area (Å²) in [4.78, 5) is 12.6. The van der Waals surface area contributed by atoms with Crippen LogP contribution in [-0.4, -0.2) is 50.3 Å². The van der Waals surface area contributed by atoms with Gasteiger partial charge >= 0.3 is 0 Å². The lowest BCUT2D eigenvalue weighted by Gasteiger charge is -2.32. The second-order valence-electron chi connectivity index (χ2n) is 6.99. The van der Waals surface area contributed by atoms with Crippen molar-refractivity contribution in [2.75, 3.05) is 19.6 Å². The first-order valence-corrected chi connectivity index (χ1v) is 10.6. The molecule has 0 radical (unpaired) electrons. The van der Waals surface area contributed by atoms with Crippen LogP contribution < -0.4 is 10.6 Å². The molecule has 0 bridgehead atoms. The minimum atomic E-state index is -3.56. The SMILES string of the molecule is CC1CCCCN1S(=O)(=O)c1cccc(C(=O)NCC2CCCN2)c1. The molecular weight excluding hydrogens is 338 g/mol. The van der Waals surface area contributed by atoms with Gasteiger partial charge < -0.3 is 10.6 Å². The zero-order valence-corrected chi connectivity index (χ0v) is 15.5. The van der Waals surface area contributed by atoms with Gasteiger partial charge in [0, 0.05) is 30.7 Å². The number of piperidine rings is 1. The van der Waals surface area contributed by atoms with Crippen LogP contribution in [0.2, 0.25) is 0 Å². The molecule has 2 aliphatic rings. The monoisotopic (exact) mass is 365 g/mol. The van der Waals surface area contributed by atoms with Gasteiger partial charge in [0.15, 0.2) is 0 Å². The summed E-state index contributed by atoms with van der Waals surface area (Å²) in [6.07, 6.45) is 5.01. The van der Waals surface area contributed by atoms with Crippen LogP contribution in [0.25, 0.3) is 0 Å². The van der Waals surface area contributed by atoms with E-state index in [2.05, 4.69) is 10.6 Å². The Bertz CT molecular complexity index is 714. The molecule has 2 saturated heterocycles. The predicted molar refractivity (Wildman–Crippen MR) is 97.0 cm³/mol. The summed E-state index contributed by atoms with van der Waals surface area (Å²) in [5.74, 6) is -0.225. The van der Waals surface area contributed by atoms with E-state index in [0.29, 0.717) is 24.7 Å². The Labute approximate surface area is 150 Å². The molecule has 1 aromatic rings. The molecule has 2 unspecified atom stereocenters. The average molecular weight is 365 g/mol. The molecule has 2 N–H and O–H groups in total. The number of nitrogens with zero attached hydrogens (tertiary/aromatic N) is 1. The highest BCUT2D eigenvalue weighted by Crippen LogP contribution is 2.25. The molecule has 0 saturated carbocycles. The van der Waals surface area contributed by atoms with Crippen molar-refractivity contribution in [3.8, 4) is 0 Å². The standard InChI is InChI=1S/C18H27N3O3S/c1-14-6-2-3-11-21(14)25(23,24)17-9-4-7-15(12-17)18(22)20-13-16-8-5-10-19-16/h4,7,9,12,14,16,19H,2-3,5-6,8,10-11,13H2,1H3,(H,20,22). The van der Waals surface area contributed by atoms with E-state index in [4.69, 9.17) is 0 Å². The number of carbonyl (C=O) groups is 1. The van der Waals surface area contributed by atoms with Crippen molar-refractivity contribution in [2.45, 2.75) is 56.0 Å². The van der Waals surface area contributed by atoms with Gasteiger partial charge in [-0.1, -0.05) is 12.5 Å². The molecular formula is C18H27N3O3S. The predicted octanol–water partition coefficient (Wildman–Crippen LogP) is 1.73. The largest absolute Gasteiger partial charge is 0.350 e. The van der Waals surface area contributed by atoms with E-state index in [1.807, 2.05) is 6.92 Å². The van der Waals surface area contributed by atoms with Crippen LogP contribution in [0.1, 0.15) is 49.4 Å². The molecule has 0 aromatic heterocycles. The minimum absolute atomic E-state index is 0.00433. The molecule has 1 aromatic carbocycles. The highest BCUT2D eigenvalue weighted by molar-refractivity contribution is 7.89. The van der Waals surface area contributed by atoms with Crippen molar-refractivity contribution in [2.24, 2.45) is 0 Å². The molecule has 1 amide bonds. The van der Waals surface area contributed by atoms with E-state index in [9.17, 15) is 13.2 Å². The Morgan fingerprint density at radius 1 is 1.28 bits per heavy atom. The normalized spacial score (nSPS) is 25.0. The number of hydrogen-bond donors (Lipinski definition) is 2. The number of carbonyl (C=O) groups excluding carboxylic acids is 1. The summed E-state index contributed by atoms with van der Waals surface area (Å²) in [7, 11) is -3.56. The molecule has 3 rings (SSSR count).